The molecular formula is C22H19N3O6S. The van der Waals surface area contributed by atoms with E-state index in [2.05, 4.69) is 11.9 Å². The number of rotatable bonds is 6. The zero-order valence-electron chi connectivity index (χ0n) is 16.8. The van der Waals surface area contributed by atoms with Crippen LogP contribution in [0.25, 0.3) is 0 Å². The lowest BCUT2D eigenvalue weighted by molar-refractivity contribution is -0.384. The molecule has 9 nitrogen and oxygen atoms in total. The number of nitrogens with zero attached hydrogens (tertiary/aromatic N) is 2. The lowest BCUT2D eigenvalue weighted by Gasteiger charge is -2.52. The van der Waals surface area contributed by atoms with Crippen LogP contribution in [0.3, 0.4) is 0 Å². The van der Waals surface area contributed by atoms with E-state index in [4.69, 9.17) is 4.74 Å². The molecule has 10 heteroatoms. The second-order valence-corrected chi connectivity index (χ2v) is 8.46. The summed E-state index contributed by atoms with van der Waals surface area (Å²) in [4.78, 5) is 49.6. The molecule has 164 valence electrons. The van der Waals surface area contributed by atoms with Crippen LogP contribution in [0, 0.1) is 10.1 Å². The first-order valence-electron chi connectivity index (χ1n) is 9.74. The van der Waals surface area contributed by atoms with Crippen molar-refractivity contribution in [2.24, 2.45) is 0 Å². The Morgan fingerprint density at radius 3 is 2.53 bits per heavy atom. The minimum Gasteiger partial charge on any atom is -0.459 e. The summed E-state index contributed by atoms with van der Waals surface area (Å²) in [6.07, 6.45) is 0. The number of β-lactam (4-membered cyclic amide) rings is 1. The molecule has 2 fully saturated rings. The van der Waals surface area contributed by atoms with Crippen molar-refractivity contribution in [1.29, 1.82) is 0 Å². The molecule has 0 spiro atoms. The normalized spacial score (nSPS) is 21.9. The molecule has 2 aromatic rings. The molecule has 0 saturated carbocycles. The number of benzene rings is 2. The average Bonchev–Trinajstić information content (AvgIpc) is 2.81. The Kier molecular flexibility index (Phi) is 5.95. The first-order chi connectivity index (χ1) is 15.4. The molecular weight excluding hydrogens is 434 g/mol. The van der Waals surface area contributed by atoms with E-state index < -0.39 is 28.4 Å². The maximum Gasteiger partial charge on any atom is 0.333 e. The Bertz CT molecular complexity index is 1090. The fraction of sp³-hybridized carbons (Fsp3) is 0.227. The molecule has 1 N–H and O–H groups in total. The third-order valence-electron chi connectivity index (χ3n) is 5.26. The van der Waals surface area contributed by atoms with Gasteiger partial charge < -0.3 is 15.0 Å². The van der Waals surface area contributed by atoms with Crippen LogP contribution in [0.2, 0.25) is 0 Å². The quantitative estimate of drug-likeness (QED) is 0.234. The van der Waals surface area contributed by atoms with Crippen LogP contribution in [0.4, 0.5) is 5.69 Å². The third kappa shape index (κ3) is 4.09. The molecule has 3 atom stereocenters. The Hall–Kier alpha value is -3.66. The van der Waals surface area contributed by atoms with Gasteiger partial charge in [0.15, 0.2) is 6.04 Å². The number of hydrogen-bond acceptors (Lipinski definition) is 7. The molecule has 2 aliphatic heterocycles. The fourth-order valence-corrected chi connectivity index (χ4v) is 4.89. The molecule has 0 radical (unpaired) electrons. The number of amides is 2. The van der Waals surface area contributed by atoms with Crippen molar-refractivity contribution in [2.45, 2.75) is 24.1 Å². The van der Waals surface area contributed by atoms with Gasteiger partial charge in [-0.25, -0.2) is 4.79 Å². The Labute approximate surface area is 187 Å². The molecule has 2 saturated heterocycles. The third-order valence-corrected chi connectivity index (χ3v) is 6.64. The molecule has 1 unspecified atom stereocenters. The van der Waals surface area contributed by atoms with Crippen molar-refractivity contribution in [2.75, 3.05) is 5.75 Å². The van der Waals surface area contributed by atoms with Crippen LogP contribution in [-0.2, 0) is 20.9 Å². The highest BCUT2D eigenvalue weighted by Crippen LogP contribution is 2.40. The van der Waals surface area contributed by atoms with Gasteiger partial charge in [0.2, 0.25) is 5.91 Å². The summed E-state index contributed by atoms with van der Waals surface area (Å²) in [6.45, 7) is 3.82. The van der Waals surface area contributed by atoms with E-state index in [1.807, 2.05) is 0 Å². The summed E-state index contributed by atoms with van der Waals surface area (Å²) >= 11 is 1.43. The first-order valence-corrected chi connectivity index (χ1v) is 10.8. The predicted molar refractivity (Wildman–Crippen MR) is 117 cm³/mol. The van der Waals surface area contributed by atoms with Crippen LogP contribution in [0.15, 0.2) is 66.7 Å². The summed E-state index contributed by atoms with van der Waals surface area (Å²) in [7, 11) is 0. The van der Waals surface area contributed by atoms with Crippen molar-refractivity contribution in [1.82, 2.24) is 10.2 Å². The molecule has 4 rings (SSSR count). The molecule has 0 aromatic heterocycles. The van der Waals surface area contributed by atoms with Crippen LogP contribution in [0.5, 0.6) is 0 Å². The van der Waals surface area contributed by atoms with Crippen LogP contribution >= 0.6 is 11.8 Å². The Balaban J connectivity index is 1.39. The van der Waals surface area contributed by atoms with Crippen molar-refractivity contribution in [3.63, 3.8) is 0 Å². The zero-order valence-corrected chi connectivity index (χ0v) is 17.6. The number of ether oxygens (including phenoxy) is 1. The molecule has 0 bridgehead atoms. The smallest absolute Gasteiger partial charge is 0.333 e. The Morgan fingerprint density at radius 1 is 1.19 bits per heavy atom. The lowest BCUT2D eigenvalue weighted by Crippen LogP contribution is -2.74. The highest BCUT2D eigenvalue weighted by Gasteiger charge is 2.56. The number of non-ortho nitro benzene ring substituents is 1. The van der Waals surface area contributed by atoms with Gasteiger partial charge >= 0.3 is 5.97 Å². The van der Waals surface area contributed by atoms with Crippen LogP contribution < -0.4 is 5.32 Å². The maximum absolute atomic E-state index is 12.8. The molecule has 2 aromatic carbocycles. The van der Waals surface area contributed by atoms with E-state index in [1.54, 1.807) is 30.3 Å². The zero-order chi connectivity index (χ0) is 22.8. The highest BCUT2D eigenvalue weighted by atomic mass is 32.2. The van der Waals surface area contributed by atoms with Gasteiger partial charge in [0.25, 0.3) is 11.6 Å². The molecule has 2 aliphatic rings. The summed E-state index contributed by atoms with van der Waals surface area (Å²) in [6, 6.07) is 12.6. The largest absolute Gasteiger partial charge is 0.459 e. The van der Waals surface area contributed by atoms with Gasteiger partial charge in [-0.2, -0.15) is 0 Å². The van der Waals surface area contributed by atoms with Gasteiger partial charge in [0, 0.05) is 23.4 Å². The molecule has 0 aliphatic carbocycles. The second kappa shape index (κ2) is 8.83. The summed E-state index contributed by atoms with van der Waals surface area (Å²) in [5.41, 5.74) is 1.51. The van der Waals surface area contributed by atoms with Gasteiger partial charge in [-0.15, -0.1) is 11.8 Å². The van der Waals surface area contributed by atoms with Crippen molar-refractivity contribution in [3.8, 4) is 0 Å². The summed E-state index contributed by atoms with van der Waals surface area (Å²) < 4.78 is 5.36. The summed E-state index contributed by atoms with van der Waals surface area (Å²) in [5, 5.41) is 13.1. The SMILES string of the molecule is C=C1CS[C@@H]2[C@H](NC(=O)c3ccccc3)C(=O)N2C1C(=O)OCc1ccc([N+](=O)[O-])cc1. The molecule has 2 amide bonds. The van der Waals surface area contributed by atoms with Crippen LogP contribution in [-0.4, -0.2) is 50.8 Å². The number of hydrogen-bond donors (Lipinski definition) is 1. The minimum atomic E-state index is -0.934. The predicted octanol–water partition coefficient (Wildman–Crippen LogP) is 2.28. The van der Waals surface area contributed by atoms with Crippen LogP contribution in [0.1, 0.15) is 15.9 Å². The van der Waals surface area contributed by atoms with E-state index in [9.17, 15) is 24.5 Å². The van der Waals surface area contributed by atoms with Gasteiger partial charge in [-0.3, -0.25) is 19.7 Å². The Morgan fingerprint density at radius 2 is 1.88 bits per heavy atom. The van der Waals surface area contributed by atoms with Gasteiger partial charge in [0.1, 0.15) is 18.0 Å². The summed E-state index contributed by atoms with van der Waals surface area (Å²) in [5.74, 6) is -0.903. The fourth-order valence-electron chi connectivity index (χ4n) is 3.58. The van der Waals surface area contributed by atoms with E-state index >= 15 is 0 Å². The van der Waals surface area contributed by atoms with Gasteiger partial charge in [0.05, 0.1) is 4.92 Å². The average molecular weight is 453 g/mol. The van der Waals surface area contributed by atoms with Crippen molar-refractivity contribution < 1.29 is 24.0 Å². The number of fused-ring (bicyclic) bond motifs is 1. The van der Waals surface area contributed by atoms with Crippen molar-refractivity contribution in [3.05, 3.63) is 88.0 Å². The van der Waals surface area contributed by atoms with Crippen molar-refractivity contribution >= 4 is 35.2 Å². The molecule has 32 heavy (non-hydrogen) atoms. The van der Waals surface area contributed by atoms with E-state index in [-0.39, 0.29) is 24.1 Å². The number of esters is 1. The minimum absolute atomic E-state index is 0.0598. The first kappa shape index (κ1) is 21.6. The van der Waals surface area contributed by atoms with E-state index in [0.717, 1.165) is 0 Å². The van der Waals surface area contributed by atoms with E-state index in [1.165, 1.54) is 40.9 Å². The number of carbonyl (C=O) groups is 3. The monoisotopic (exact) mass is 453 g/mol. The standard InChI is InChI=1S/C22H19N3O6S/c1-13-12-32-21-17(23-19(26)15-5-3-2-4-6-15)20(27)24(21)18(13)22(28)31-11-14-7-9-16(10-8-14)25(29)30/h2-10,17-18,21H,1,11-12H2,(H,23,26)/t17-,18?,21-/m1/s1. The number of thioether (sulfide) groups is 1. The molecule has 2 heterocycles. The van der Waals surface area contributed by atoms with Gasteiger partial charge in [-0.1, -0.05) is 24.8 Å². The number of nitrogens with one attached hydrogen (secondary N) is 1. The van der Waals surface area contributed by atoms with Gasteiger partial charge in [-0.05, 0) is 35.4 Å². The van der Waals surface area contributed by atoms with E-state index in [0.29, 0.717) is 22.5 Å². The number of nitro benzene ring substituents is 1. The number of carbonyl (C=O) groups excluding carboxylic acids is 3. The number of nitro groups is 1. The highest BCUT2D eigenvalue weighted by molar-refractivity contribution is 8.00. The second-order valence-electron chi connectivity index (χ2n) is 7.36. The maximum atomic E-state index is 12.8. The topological polar surface area (TPSA) is 119 Å². The lowest BCUT2D eigenvalue weighted by atomic mass is 9.98.